The summed E-state index contributed by atoms with van der Waals surface area (Å²) in [6.07, 6.45) is 1.28. The highest BCUT2D eigenvalue weighted by Gasteiger charge is 2.20. The number of hydrogen-bond acceptors (Lipinski definition) is 2. The van der Waals surface area contributed by atoms with Crippen molar-refractivity contribution in [2.75, 3.05) is 33.2 Å². The van der Waals surface area contributed by atoms with Crippen LogP contribution in [0.5, 0.6) is 0 Å². The summed E-state index contributed by atoms with van der Waals surface area (Å²) in [6, 6.07) is 0. The molecule has 0 radical (unpaired) electrons. The monoisotopic (exact) mass is 184 g/mol. The Morgan fingerprint density at radius 2 is 2.46 bits per heavy atom. The van der Waals surface area contributed by atoms with Crippen LogP contribution in [0.15, 0.2) is 4.99 Å². The van der Waals surface area contributed by atoms with Gasteiger partial charge >= 0.3 is 0 Å². The standard InChI is InChI=1S/C9H20N4/c1-3-13-5-4-8(7-13)6-12-9(10)11-2/h8H,3-7H2,1-2H3,(H3,10,11,12). The lowest BCUT2D eigenvalue weighted by Crippen LogP contribution is -2.36. The second-order valence-corrected chi connectivity index (χ2v) is 3.54. The Balaban J connectivity index is 2.17. The second-order valence-electron chi connectivity index (χ2n) is 3.54. The molecule has 0 spiro atoms. The van der Waals surface area contributed by atoms with E-state index in [0.29, 0.717) is 5.96 Å². The predicted molar refractivity (Wildman–Crippen MR) is 55.8 cm³/mol. The molecule has 1 aliphatic heterocycles. The van der Waals surface area contributed by atoms with E-state index in [2.05, 4.69) is 22.1 Å². The van der Waals surface area contributed by atoms with Crippen LogP contribution in [0.25, 0.3) is 0 Å². The minimum absolute atomic E-state index is 0.551. The quantitative estimate of drug-likeness (QED) is 0.474. The fourth-order valence-corrected chi connectivity index (χ4v) is 1.69. The van der Waals surface area contributed by atoms with Gasteiger partial charge in [-0.15, -0.1) is 0 Å². The van der Waals surface area contributed by atoms with E-state index in [1.165, 1.54) is 19.5 Å². The largest absolute Gasteiger partial charge is 0.370 e. The second kappa shape index (κ2) is 5.07. The topological polar surface area (TPSA) is 53.6 Å². The number of likely N-dealkylation sites (tertiary alicyclic amines) is 1. The van der Waals surface area contributed by atoms with Gasteiger partial charge in [0.2, 0.25) is 0 Å². The van der Waals surface area contributed by atoms with Crippen LogP contribution in [0.1, 0.15) is 13.3 Å². The van der Waals surface area contributed by atoms with E-state index in [1.54, 1.807) is 7.05 Å². The average Bonchev–Trinajstić information content (AvgIpc) is 2.61. The molecule has 0 aromatic rings. The summed E-state index contributed by atoms with van der Waals surface area (Å²) in [5.41, 5.74) is 5.54. The Morgan fingerprint density at radius 3 is 3.00 bits per heavy atom. The van der Waals surface area contributed by atoms with E-state index in [4.69, 9.17) is 5.73 Å². The van der Waals surface area contributed by atoms with Gasteiger partial charge in [0.25, 0.3) is 0 Å². The molecule has 1 saturated heterocycles. The highest BCUT2D eigenvalue weighted by atomic mass is 15.2. The predicted octanol–water partition coefficient (Wildman–Crippen LogP) is -0.138. The minimum Gasteiger partial charge on any atom is -0.370 e. The number of nitrogens with one attached hydrogen (secondary N) is 1. The molecule has 76 valence electrons. The summed E-state index contributed by atoms with van der Waals surface area (Å²) in [4.78, 5) is 6.32. The highest BCUT2D eigenvalue weighted by Crippen LogP contribution is 2.14. The molecule has 1 heterocycles. The molecular formula is C9H20N4. The molecule has 0 aromatic carbocycles. The van der Waals surface area contributed by atoms with Crippen LogP contribution in [0.3, 0.4) is 0 Å². The Labute approximate surface area is 80.2 Å². The van der Waals surface area contributed by atoms with E-state index < -0.39 is 0 Å². The maximum absolute atomic E-state index is 5.54. The van der Waals surface area contributed by atoms with Gasteiger partial charge in [0, 0.05) is 20.1 Å². The lowest BCUT2D eigenvalue weighted by molar-refractivity contribution is 0.342. The first-order valence-corrected chi connectivity index (χ1v) is 4.94. The van der Waals surface area contributed by atoms with Crippen LogP contribution in [0.2, 0.25) is 0 Å². The SMILES string of the molecule is CCN1CCC(CNC(N)=NC)C1. The molecule has 0 amide bonds. The third-order valence-electron chi connectivity index (χ3n) is 2.63. The highest BCUT2D eigenvalue weighted by molar-refractivity contribution is 5.77. The van der Waals surface area contributed by atoms with Gasteiger partial charge < -0.3 is 16.0 Å². The van der Waals surface area contributed by atoms with Crippen LogP contribution >= 0.6 is 0 Å². The fourth-order valence-electron chi connectivity index (χ4n) is 1.69. The fraction of sp³-hybridized carbons (Fsp3) is 0.889. The van der Waals surface area contributed by atoms with E-state index >= 15 is 0 Å². The van der Waals surface area contributed by atoms with Gasteiger partial charge in [0.05, 0.1) is 0 Å². The van der Waals surface area contributed by atoms with Crippen molar-refractivity contribution in [3.8, 4) is 0 Å². The van der Waals surface area contributed by atoms with Crippen molar-refractivity contribution in [3.05, 3.63) is 0 Å². The van der Waals surface area contributed by atoms with Crippen molar-refractivity contribution in [1.82, 2.24) is 10.2 Å². The molecule has 0 bridgehead atoms. The summed E-state index contributed by atoms with van der Waals surface area (Å²) in [6.45, 7) is 6.75. The normalized spacial score (nSPS) is 25.1. The van der Waals surface area contributed by atoms with E-state index in [-0.39, 0.29) is 0 Å². The van der Waals surface area contributed by atoms with Gasteiger partial charge in [0.1, 0.15) is 0 Å². The van der Waals surface area contributed by atoms with E-state index in [0.717, 1.165) is 19.0 Å². The lowest BCUT2D eigenvalue weighted by atomic mass is 10.1. The zero-order valence-corrected chi connectivity index (χ0v) is 8.58. The molecule has 1 rings (SSSR count). The van der Waals surface area contributed by atoms with Crippen LogP contribution in [0, 0.1) is 5.92 Å². The molecule has 1 atom stereocenters. The molecule has 1 unspecified atom stereocenters. The van der Waals surface area contributed by atoms with Crippen LogP contribution in [0.4, 0.5) is 0 Å². The molecule has 4 nitrogen and oxygen atoms in total. The average molecular weight is 184 g/mol. The first kappa shape index (κ1) is 10.3. The van der Waals surface area contributed by atoms with Gasteiger partial charge in [0.15, 0.2) is 5.96 Å². The third-order valence-corrected chi connectivity index (χ3v) is 2.63. The van der Waals surface area contributed by atoms with E-state index in [9.17, 15) is 0 Å². The molecule has 3 N–H and O–H groups in total. The van der Waals surface area contributed by atoms with Gasteiger partial charge in [-0.2, -0.15) is 0 Å². The van der Waals surface area contributed by atoms with Gasteiger partial charge in [-0.3, -0.25) is 4.99 Å². The Morgan fingerprint density at radius 1 is 1.69 bits per heavy atom. The van der Waals surface area contributed by atoms with Crippen LogP contribution in [-0.2, 0) is 0 Å². The molecule has 0 aromatic heterocycles. The lowest BCUT2D eigenvalue weighted by Gasteiger charge is -2.13. The zero-order chi connectivity index (χ0) is 9.68. The summed E-state index contributed by atoms with van der Waals surface area (Å²) in [7, 11) is 1.70. The minimum atomic E-state index is 0.551. The zero-order valence-electron chi connectivity index (χ0n) is 8.58. The van der Waals surface area contributed by atoms with Crippen molar-refractivity contribution in [3.63, 3.8) is 0 Å². The molecule has 1 fully saturated rings. The molecule has 4 heteroatoms. The van der Waals surface area contributed by atoms with Crippen molar-refractivity contribution in [2.24, 2.45) is 16.6 Å². The van der Waals surface area contributed by atoms with Crippen molar-refractivity contribution in [1.29, 1.82) is 0 Å². The maximum atomic E-state index is 5.54. The molecule has 1 aliphatic rings. The molecule has 13 heavy (non-hydrogen) atoms. The number of hydrogen-bond donors (Lipinski definition) is 2. The summed E-state index contributed by atoms with van der Waals surface area (Å²) >= 11 is 0. The van der Waals surface area contributed by atoms with Crippen molar-refractivity contribution in [2.45, 2.75) is 13.3 Å². The van der Waals surface area contributed by atoms with Crippen LogP contribution in [-0.4, -0.2) is 44.1 Å². The van der Waals surface area contributed by atoms with Gasteiger partial charge in [-0.25, -0.2) is 0 Å². The number of nitrogens with zero attached hydrogens (tertiary/aromatic N) is 2. The summed E-state index contributed by atoms with van der Waals surface area (Å²) < 4.78 is 0. The smallest absolute Gasteiger partial charge is 0.188 e. The molecule has 0 saturated carbocycles. The molecular weight excluding hydrogens is 164 g/mol. The number of aliphatic imine (C=N–C) groups is 1. The number of rotatable bonds is 3. The Hall–Kier alpha value is -0.770. The third kappa shape index (κ3) is 3.22. The first-order valence-electron chi connectivity index (χ1n) is 4.94. The molecule has 0 aliphatic carbocycles. The van der Waals surface area contributed by atoms with Crippen molar-refractivity contribution >= 4 is 5.96 Å². The first-order chi connectivity index (χ1) is 6.26. The van der Waals surface area contributed by atoms with Crippen molar-refractivity contribution < 1.29 is 0 Å². The van der Waals surface area contributed by atoms with Crippen LogP contribution < -0.4 is 11.1 Å². The Bertz CT molecular complexity index is 178. The van der Waals surface area contributed by atoms with Gasteiger partial charge in [-0.05, 0) is 25.4 Å². The summed E-state index contributed by atoms with van der Waals surface area (Å²) in [5, 5.41) is 3.12. The maximum Gasteiger partial charge on any atom is 0.188 e. The Kier molecular flexibility index (Phi) is 4.02. The number of nitrogens with two attached hydrogens (primary N) is 1. The summed E-state index contributed by atoms with van der Waals surface area (Å²) in [5.74, 6) is 1.29. The van der Waals surface area contributed by atoms with E-state index in [1.807, 2.05) is 0 Å². The van der Waals surface area contributed by atoms with Gasteiger partial charge in [-0.1, -0.05) is 6.92 Å². The number of guanidine groups is 1.